The molecule has 3 aromatic rings. The number of carbonyl (C=O) groups is 1. The molecule has 1 amide bonds. The van der Waals surface area contributed by atoms with E-state index in [-0.39, 0.29) is 22.8 Å². The summed E-state index contributed by atoms with van der Waals surface area (Å²) >= 11 is 0. The molecule has 1 aliphatic heterocycles. The molecule has 0 radical (unpaired) electrons. The molecule has 8 nitrogen and oxygen atoms in total. The first-order valence-corrected chi connectivity index (χ1v) is 13.2. The minimum atomic E-state index is -4.99. The van der Waals surface area contributed by atoms with Crippen LogP contribution >= 0.6 is 0 Å². The number of nitrogens with one attached hydrogen (secondary N) is 1. The number of aromatic nitrogens is 1. The average molecular weight is 587 g/mol. The standard InChI is InChI=1S/C25H20F6N4O4S/c26-24(27,28)20-9-2-14-13-35(40(37,38)17-6-4-16(5-7-17)39-25(29,30)31)19-12-15(23(22(32)36)10-1-11-23)3-8-18(19)33-21(14)34-20/h2-9,12H,1,10-11,13H2,(H2,32,36)(H,33,34). The summed E-state index contributed by atoms with van der Waals surface area (Å²) in [6, 6.07) is 9.70. The lowest BCUT2D eigenvalue weighted by atomic mass is 9.64. The van der Waals surface area contributed by atoms with Crippen LogP contribution < -0.4 is 20.1 Å². The third-order valence-corrected chi connectivity index (χ3v) is 8.75. The van der Waals surface area contributed by atoms with E-state index in [1.807, 2.05) is 0 Å². The van der Waals surface area contributed by atoms with Crippen molar-refractivity contribution in [3.63, 3.8) is 0 Å². The smallest absolute Gasteiger partial charge is 0.406 e. The normalized spacial score (nSPS) is 16.6. The van der Waals surface area contributed by atoms with Gasteiger partial charge in [-0.1, -0.05) is 18.6 Å². The number of benzene rings is 2. The van der Waals surface area contributed by atoms with E-state index in [0.29, 0.717) is 30.9 Å². The molecule has 2 aliphatic rings. The highest BCUT2D eigenvalue weighted by Crippen LogP contribution is 2.47. The molecule has 1 saturated carbocycles. The van der Waals surface area contributed by atoms with Crippen LogP contribution in [-0.4, -0.2) is 25.7 Å². The number of carbonyl (C=O) groups excluding carboxylic acids is 1. The Morgan fingerprint density at radius 3 is 2.23 bits per heavy atom. The zero-order chi connectivity index (χ0) is 29.1. The van der Waals surface area contributed by atoms with Crippen molar-refractivity contribution in [2.45, 2.75) is 48.7 Å². The second-order valence-electron chi connectivity index (χ2n) is 9.39. The summed E-state index contributed by atoms with van der Waals surface area (Å²) in [6.07, 6.45) is -8.19. The first-order valence-electron chi connectivity index (χ1n) is 11.8. The number of sulfonamides is 1. The van der Waals surface area contributed by atoms with Crippen molar-refractivity contribution in [1.82, 2.24) is 4.98 Å². The lowest BCUT2D eigenvalue weighted by Crippen LogP contribution is -2.46. The predicted molar refractivity (Wildman–Crippen MR) is 130 cm³/mol. The van der Waals surface area contributed by atoms with Gasteiger partial charge in [-0.25, -0.2) is 13.4 Å². The van der Waals surface area contributed by atoms with Crippen LogP contribution in [0.2, 0.25) is 0 Å². The number of amides is 1. The van der Waals surface area contributed by atoms with Gasteiger partial charge in [0.15, 0.2) is 0 Å². The van der Waals surface area contributed by atoms with E-state index < -0.39 is 56.8 Å². The maximum Gasteiger partial charge on any atom is 0.573 e. The molecule has 2 aromatic carbocycles. The molecule has 212 valence electrons. The number of primary amides is 1. The highest BCUT2D eigenvalue weighted by Gasteiger charge is 2.45. The highest BCUT2D eigenvalue weighted by molar-refractivity contribution is 7.92. The van der Waals surface area contributed by atoms with Crippen LogP contribution in [0.1, 0.15) is 36.1 Å². The number of rotatable bonds is 5. The van der Waals surface area contributed by atoms with Gasteiger partial charge in [0.05, 0.1) is 28.2 Å². The van der Waals surface area contributed by atoms with Crippen LogP contribution in [-0.2, 0) is 33.0 Å². The summed E-state index contributed by atoms with van der Waals surface area (Å²) in [5.74, 6) is -1.48. The minimum absolute atomic E-state index is 0.00722. The number of alkyl halides is 6. The number of halogens is 6. The first-order chi connectivity index (χ1) is 18.6. The Kier molecular flexibility index (Phi) is 6.39. The van der Waals surface area contributed by atoms with Crippen LogP contribution in [0.3, 0.4) is 0 Å². The van der Waals surface area contributed by atoms with E-state index in [4.69, 9.17) is 5.73 Å². The van der Waals surface area contributed by atoms with Gasteiger partial charge in [0.2, 0.25) is 5.91 Å². The molecule has 1 aromatic heterocycles. The molecule has 0 saturated heterocycles. The van der Waals surface area contributed by atoms with Gasteiger partial charge in [-0.05, 0) is 60.9 Å². The van der Waals surface area contributed by atoms with Crippen LogP contribution in [0.15, 0.2) is 59.5 Å². The Hall–Kier alpha value is -4.01. The molecule has 0 unspecified atom stereocenters. The lowest BCUT2D eigenvalue weighted by Gasteiger charge is -2.40. The Balaban J connectivity index is 1.64. The predicted octanol–water partition coefficient (Wildman–Crippen LogP) is 5.36. The summed E-state index contributed by atoms with van der Waals surface area (Å²) < 4.78 is 110. The molecule has 15 heteroatoms. The van der Waals surface area contributed by atoms with E-state index in [0.717, 1.165) is 34.6 Å². The number of nitrogens with two attached hydrogens (primary N) is 1. The number of anilines is 3. The van der Waals surface area contributed by atoms with Crippen LogP contribution in [0.4, 0.5) is 43.5 Å². The summed E-state index contributed by atoms with van der Waals surface area (Å²) in [5.41, 5.74) is 4.03. The Labute approximate surface area is 223 Å². The molecule has 1 aliphatic carbocycles. The SMILES string of the molecule is NC(=O)C1(c2ccc3c(c2)N(S(=O)(=O)c2ccc(OC(F)(F)F)cc2)Cc2ccc(C(F)(F)F)nc2N3)CCC1. The largest absolute Gasteiger partial charge is 0.573 e. The van der Waals surface area contributed by atoms with Crippen molar-refractivity contribution in [2.75, 3.05) is 9.62 Å². The fourth-order valence-corrected chi connectivity index (χ4v) is 6.21. The average Bonchev–Trinajstić information content (AvgIpc) is 2.98. The van der Waals surface area contributed by atoms with Crippen LogP contribution in [0.5, 0.6) is 5.75 Å². The van der Waals surface area contributed by atoms with Gasteiger partial charge in [-0.3, -0.25) is 9.10 Å². The third-order valence-electron chi connectivity index (χ3n) is 6.98. The maximum absolute atomic E-state index is 13.9. The minimum Gasteiger partial charge on any atom is -0.406 e. The monoisotopic (exact) mass is 586 g/mol. The maximum atomic E-state index is 13.9. The molecule has 0 atom stereocenters. The Morgan fingerprint density at radius 2 is 1.68 bits per heavy atom. The van der Waals surface area contributed by atoms with E-state index in [2.05, 4.69) is 15.0 Å². The zero-order valence-corrected chi connectivity index (χ0v) is 21.1. The fourth-order valence-electron chi connectivity index (χ4n) is 4.75. The molecule has 2 heterocycles. The fraction of sp³-hybridized carbons (Fsp3) is 0.280. The van der Waals surface area contributed by atoms with Gasteiger partial charge in [0.25, 0.3) is 10.0 Å². The summed E-state index contributed by atoms with van der Waals surface area (Å²) in [4.78, 5) is 15.6. The van der Waals surface area contributed by atoms with E-state index in [9.17, 15) is 39.6 Å². The Bertz CT molecular complexity index is 1590. The van der Waals surface area contributed by atoms with E-state index in [1.165, 1.54) is 12.1 Å². The number of hydrogen-bond donors (Lipinski definition) is 2. The number of fused-ring (bicyclic) bond motifs is 2. The van der Waals surface area contributed by atoms with Gasteiger partial charge in [0, 0.05) is 5.56 Å². The Morgan fingerprint density at radius 1 is 1.00 bits per heavy atom. The van der Waals surface area contributed by atoms with Gasteiger partial charge >= 0.3 is 12.5 Å². The third kappa shape index (κ3) is 4.89. The van der Waals surface area contributed by atoms with Crippen molar-refractivity contribution < 1.29 is 44.3 Å². The van der Waals surface area contributed by atoms with E-state index >= 15 is 0 Å². The summed E-state index contributed by atoms with van der Waals surface area (Å²) in [7, 11) is -4.52. The number of hydrogen-bond acceptors (Lipinski definition) is 6. The number of ether oxygens (including phenoxy) is 1. The van der Waals surface area contributed by atoms with Crippen molar-refractivity contribution in [2.24, 2.45) is 5.73 Å². The van der Waals surface area contributed by atoms with Gasteiger partial charge in [-0.15, -0.1) is 13.2 Å². The first kappa shape index (κ1) is 27.6. The number of nitrogens with zero attached hydrogens (tertiary/aromatic N) is 2. The second kappa shape index (κ2) is 9.28. The molecule has 40 heavy (non-hydrogen) atoms. The zero-order valence-electron chi connectivity index (χ0n) is 20.3. The highest BCUT2D eigenvalue weighted by atomic mass is 32.2. The van der Waals surface area contributed by atoms with Gasteiger partial charge in [0.1, 0.15) is 17.3 Å². The molecule has 0 spiro atoms. The molecule has 3 N–H and O–H groups in total. The molecule has 1 fully saturated rings. The van der Waals surface area contributed by atoms with E-state index in [1.54, 1.807) is 6.07 Å². The molecular weight excluding hydrogens is 566 g/mol. The van der Waals surface area contributed by atoms with Crippen molar-refractivity contribution in [1.29, 1.82) is 0 Å². The summed E-state index contributed by atoms with van der Waals surface area (Å²) in [5, 5.41) is 2.77. The lowest BCUT2D eigenvalue weighted by molar-refractivity contribution is -0.274. The van der Waals surface area contributed by atoms with Gasteiger partial charge in [-0.2, -0.15) is 13.2 Å². The topological polar surface area (TPSA) is 115 Å². The van der Waals surface area contributed by atoms with Crippen molar-refractivity contribution >= 4 is 33.1 Å². The van der Waals surface area contributed by atoms with Gasteiger partial charge < -0.3 is 15.8 Å². The van der Waals surface area contributed by atoms with Crippen LogP contribution in [0.25, 0.3) is 0 Å². The quantitative estimate of drug-likeness (QED) is 0.389. The molecular formula is C25H20F6N4O4S. The van der Waals surface area contributed by atoms with Crippen molar-refractivity contribution in [3.8, 4) is 5.75 Å². The number of pyridine rings is 1. The molecule has 5 rings (SSSR count). The molecule has 0 bridgehead atoms. The second-order valence-corrected chi connectivity index (χ2v) is 11.3. The summed E-state index contributed by atoms with van der Waals surface area (Å²) in [6.45, 7) is -0.476. The van der Waals surface area contributed by atoms with Crippen molar-refractivity contribution in [3.05, 3.63) is 71.4 Å². The van der Waals surface area contributed by atoms with Crippen LogP contribution in [0, 0.1) is 0 Å².